The third kappa shape index (κ3) is 4.14. The predicted molar refractivity (Wildman–Crippen MR) is 151 cm³/mol. The summed E-state index contributed by atoms with van der Waals surface area (Å²) in [4.78, 5) is 31.0. The number of fused-ring (bicyclic) bond motifs is 2. The quantitative estimate of drug-likeness (QED) is 0.232. The molecule has 6 aromatic rings. The topological polar surface area (TPSA) is 112 Å². The van der Waals surface area contributed by atoms with Gasteiger partial charge in [0.25, 0.3) is 0 Å². The van der Waals surface area contributed by atoms with Crippen LogP contribution in [0.2, 0.25) is 0 Å². The third-order valence-corrected chi connectivity index (χ3v) is 8.18. The van der Waals surface area contributed by atoms with Crippen LogP contribution in [0.5, 0.6) is 0 Å². The fourth-order valence-corrected chi connectivity index (χ4v) is 6.07. The molecule has 5 aromatic heterocycles. The van der Waals surface area contributed by atoms with E-state index >= 15 is 0 Å². The van der Waals surface area contributed by atoms with Gasteiger partial charge in [-0.15, -0.1) is 11.3 Å². The summed E-state index contributed by atoms with van der Waals surface area (Å²) in [6, 6.07) is 14.2. The molecule has 0 unspecified atom stereocenters. The minimum Gasteiger partial charge on any atom is -0.335 e. The van der Waals surface area contributed by atoms with E-state index < -0.39 is 0 Å². The summed E-state index contributed by atoms with van der Waals surface area (Å²) in [7, 11) is 0. The second kappa shape index (κ2) is 9.50. The van der Waals surface area contributed by atoms with Crippen molar-refractivity contribution in [3.05, 3.63) is 66.4 Å². The molecule has 1 aliphatic carbocycles. The van der Waals surface area contributed by atoms with Crippen LogP contribution in [-0.2, 0) is 4.79 Å². The zero-order valence-electron chi connectivity index (χ0n) is 20.6. The standard InChI is InChI=1S/C29H25N7OS/c37-29(17-5-2-1-3-6-17)32-20-13-19(15-30-16-20)18-8-9-23-22(14-18)26(36-35-23)28-33-25-21(24-7-4-12-38-24)10-11-31-27(25)34-28/h4,7-17H,1-3,5-6H2,(H,32,37)(H,35,36)(H,31,33,34). The summed E-state index contributed by atoms with van der Waals surface area (Å²) < 4.78 is 0. The first-order valence-corrected chi connectivity index (χ1v) is 13.7. The number of anilines is 1. The van der Waals surface area contributed by atoms with Gasteiger partial charge in [0.15, 0.2) is 11.5 Å². The van der Waals surface area contributed by atoms with E-state index in [0.717, 1.165) is 75.1 Å². The zero-order chi connectivity index (χ0) is 25.5. The highest BCUT2D eigenvalue weighted by atomic mass is 32.1. The lowest BCUT2D eigenvalue weighted by molar-refractivity contribution is -0.120. The average molecular weight is 520 g/mol. The molecule has 9 heteroatoms. The lowest BCUT2D eigenvalue weighted by Crippen LogP contribution is -2.24. The number of hydrogen-bond donors (Lipinski definition) is 3. The van der Waals surface area contributed by atoms with Gasteiger partial charge in [-0.05, 0) is 54.1 Å². The number of aromatic amines is 2. The van der Waals surface area contributed by atoms with Gasteiger partial charge in [0, 0.05) is 39.7 Å². The molecule has 5 heterocycles. The minimum atomic E-state index is 0.0934. The lowest BCUT2D eigenvalue weighted by Gasteiger charge is -2.20. The molecule has 0 spiro atoms. The summed E-state index contributed by atoms with van der Waals surface area (Å²) in [5.74, 6) is 0.846. The van der Waals surface area contributed by atoms with Crippen LogP contribution in [0.1, 0.15) is 32.1 Å². The van der Waals surface area contributed by atoms with E-state index in [4.69, 9.17) is 4.98 Å². The Morgan fingerprint density at radius 1 is 1.03 bits per heavy atom. The first kappa shape index (κ1) is 22.8. The molecule has 8 nitrogen and oxygen atoms in total. The van der Waals surface area contributed by atoms with E-state index in [9.17, 15) is 4.79 Å². The van der Waals surface area contributed by atoms with E-state index in [-0.39, 0.29) is 11.8 Å². The van der Waals surface area contributed by atoms with Gasteiger partial charge in [0.1, 0.15) is 5.69 Å². The van der Waals surface area contributed by atoms with Gasteiger partial charge in [-0.25, -0.2) is 9.97 Å². The molecule has 0 radical (unpaired) electrons. The molecule has 1 aliphatic rings. The Bertz CT molecular complexity index is 1760. The van der Waals surface area contributed by atoms with Crippen molar-refractivity contribution < 1.29 is 4.79 Å². The zero-order valence-corrected chi connectivity index (χ0v) is 21.4. The first-order chi connectivity index (χ1) is 18.7. The number of nitrogens with one attached hydrogen (secondary N) is 3. The van der Waals surface area contributed by atoms with E-state index in [0.29, 0.717) is 11.5 Å². The molecule has 1 fully saturated rings. The Morgan fingerprint density at radius 2 is 1.95 bits per heavy atom. The molecule has 38 heavy (non-hydrogen) atoms. The van der Waals surface area contributed by atoms with Crippen LogP contribution in [0.4, 0.5) is 5.69 Å². The number of pyridine rings is 2. The molecule has 188 valence electrons. The second-order valence-corrected chi connectivity index (χ2v) is 10.7. The highest BCUT2D eigenvalue weighted by Gasteiger charge is 2.21. The largest absolute Gasteiger partial charge is 0.335 e. The number of carbonyl (C=O) groups is 1. The predicted octanol–water partition coefficient (Wildman–Crippen LogP) is 6.81. The van der Waals surface area contributed by atoms with Crippen LogP contribution >= 0.6 is 11.3 Å². The van der Waals surface area contributed by atoms with Crippen molar-refractivity contribution in [2.24, 2.45) is 5.92 Å². The summed E-state index contributed by atoms with van der Waals surface area (Å²) in [6.45, 7) is 0. The van der Waals surface area contributed by atoms with Crippen LogP contribution in [0.15, 0.2) is 66.4 Å². The molecule has 0 bridgehead atoms. The smallest absolute Gasteiger partial charge is 0.227 e. The fourth-order valence-electron chi connectivity index (χ4n) is 5.31. The van der Waals surface area contributed by atoms with Gasteiger partial charge < -0.3 is 10.3 Å². The Morgan fingerprint density at radius 3 is 2.82 bits per heavy atom. The lowest BCUT2D eigenvalue weighted by atomic mass is 9.88. The average Bonchev–Trinajstić information content (AvgIpc) is 3.73. The summed E-state index contributed by atoms with van der Waals surface area (Å²) in [5.41, 5.74) is 6.88. The monoisotopic (exact) mass is 519 g/mol. The van der Waals surface area contributed by atoms with Crippen molar-refractivity contribution in [2.45, 2.75) is 32.1 Å². The molecule has 0 saturated heterocycles. The number of aromatic nitrogens is 6. The van der Waals surface area contributed by atoms with Crippen LogP contribution in [0.25, 0.3) is 55.2 Å². The molecule has 0 atom stereocenters. The molecule has 7 rings (SSSR count). The van der Waals surface area contributed by atoms with Crippen molar-refractivity contribution >= 4 is 45.0 Å². The minimum absolute atomic E-state index is 0.0934. The Kier molecular flexibility index (Phi) is 5.70. The number of hydrogen-bond acceptors (Lipinski definition) is 6. The number of benzene rings is 1. The highest BCUT2D eigenvalue weighted by Crippen LogP contribution is 2.34. The Labute approximate surface area is 222 Å². The molecule has 1 aromatic carbocycles. The number of H-pyrrole nitrogens is 2. The van der Waals surface area contributed by atoms with E-state index in [1.807, 2.05) is 36.5 Å². The number of imidazole rings is 1. The van der Waals surface area contributed by atoms with E-state index in [1.165, 1.54) is 6.42 Å². The molecular formula is C29H25N7OS. The van der Waals surface area contributed by atoms with Gasteiger partial charge in [-0.3, -0.25) is 14.9 Å². The number of nitrogens with zero attached hydrogens (tertiary/aromatic N) is 4. The molecular weight excluding hydrogens is 494 g/mol. The van der Waals surface area contributed by atoms with Crippen molar-refractivity contribution in [2.75, 3.05) is 5.32 Å². The van der Waals surface area contributed by atoms with Crippen LogP contribution in [0.3, 0.4) is 0 Å². The van der Waals surface area contributed by atoms with Crippen molar-refractivity contribution in [3.63, 3.8) is 0 Å². The SMILES string of the molecule is O=C(Nc1cncc(-c2ccc3[nH]nc(-c4nc5nccc(-c6cccs6)c5[nH]4)c3c2)c1)C1CCCCC1. The number of rotatable bonds is 5. The summed E-state index contributed by atoms with van der Waals surface area (Å²) in [5, 5.41) is 13.8. The highest BCUT2D eigenvalue weighted by molar-refractivity contribution is 7.13. The molecule has 3 N–H and O–H groups in total. The third-order valence-electron chi connectivity index (χ3n) is 7.28. The van der Waals surface area contributed by atoms with E-state index in [2.05, 4.69) is 48.0 Å². The fraction of sp³-hybridized carbons (Fsp3) is 0.207. The first-order valence-electron chi connectivity index (χ1n) is 12.9. The van der Waals surface area contributed by atoms with Gasteiger partial charge in [0.2, 0.25) is 5.91 Å². The molecule has 0 aliphatic heterocycles. The molecule has 1 saturated carbocycles. The number of amides is 1. The van der Waals surface area contributed by atoms with Crippen molar-refractivity contribution in [1.82, 2.24) is 30.1 Å². The van der Waals surface area contributed by atoms with Gasteiger partial charge in [-0.1, -0.05) is 31.4 Å². The molecule has 1 amide bonds. The summed E-state index contributed by atoms with van der Waals surface area (Å²) >= 11 is 1.68. The number of carbonyl (C=O) groups excluding carboxylic acids is 1. The summed E-state index contributed by atoms with van der Waals surface area (Å²) in [6.07, 6.45) is 10.7. The Hall–Kier alpha value is -4.37. The second-order valence-electron chi connectivity index (χ2n) is 9.74. The van der Waals surface area contributed by atoms with E-state index in [1.54, 1.807) is 23.7 Å². The normalized spacial score (nSPS) is 14.3. The van der Waals surface area contributed by atoms with Crippen molar-refractivity contribution in [1.29, 1.82) is 0 Å². The van der Waals surface area contributed by atoms with Gasteiger partial charge in [0.05, 0.1) is 22.9 Å². The van der Waals surface area contributed by atoms with Crippen LogP contribution in [-0.4, -0.2) is 36.0 Å². The van der Waals surface area contributed by atoms with Crippen LogP contribution in [0, 0.1) is 5.92 Å². The van der Waals surface area contributed by atoms with Crippen molar-refractivity contribution in [3.8, 4) is 33.1 Å². The maximum Gasteiger partial charge on any atom is 0.227 e. The Balaban J connectivity index is 1.23. The maximum atomic E-state index is 12.8. The van der Waals surface area contributed by atoms with Crippen LogP contribution < -0.4 is 5.32 Å². The van der Waals surface area contributed by atoms with Gasteiger partial charge >= 0.3 is 0 Å². The number of thiophene rings is 1. The maximum absolute atomic E-state index is 12.8. The van der Waals surface area contributed by atoms with Gasteiger partial charge in [-0.2, -0.15) is 5.10 Å².